The van der Waals surface area contributed by atoms with Gasteiger partial charge in [-0.1, -0.05) is 60.2 Å². The largest absolute Gasteiger partial charge is 0.496 e. The number of rotatable bonds is 15. The molecule has 0 bridgehead atoms. The zero-order valence-corrected chi connectivity index (χ0v) is 21.6. The van der Waals surface area contributed by atoms with E-state index >= 15 is 0 Å². The van der Waals surface area contributed by atoms with Crippen LogP contribution in [0.25, 0.3) is 0 Å². The van der Waals surface area contributed by atoms with Crippen LogP contribution in [-0.4, -0.2) is 33.3 Å². The molecule has 0 unspecified atom stereocenters. The van der Waals surface area contributed by atoms with Gasteiger partial charge in [0.1, 0.15) is 17.2 Å². The van der Waals surface area contributed by atoms with Crippen LogP contribution < -0.4 is 24.8 Å². The molecule has 0 radical (unpaired) electrons. The average molecular weight is 491 g/mol. The molecule has 6 heteroatoms. The predicted molar refractivity (Wildman–Crippen MR) is 144 cm³/mol. The Morgan fingerprint density at radius 2 is 1.53 bits per heavy atom. The van der Waals surface area contributed by atoms with Gasteiger partial charge < -0.3 is 24.8 Å². The van der Waals surface area contributed by atoms with Gasteiger partial charge in [0.25, 0.3) is 0 Å². The summed E-state index contributed by atoms with van der Waals surface area (Å²) in [5, 5.41) is 6.45. The molecule has 0 heterocycles. The number of hydrogen-bond donors (Lipinski definition) is 2. The molecule has 0 aliphatic heterocycles. The molecular weight excluding hydrogens is 452 g/mol. The van der Waals surface area contributed by atoms with Gasteiger partial charge in [0.2, 0.25) is 5.91 Å². The highest BCUT2D eigenvalue weighted by molar-refractivity contribution is 5.75. The number of ether oxygens (including phenoxy) is 3. The van der Waals surface area contributed by atoms with Crippen molar-refractivity contribution in [2.24, 2.45) is 0 Å². The second kappa shape index (κ2) is 14.8. The van der Waals surface area contributed by atoms with E-state index in [0.717, 1.165) is 48.4 Å². The zero-order valence-electron chi connectivity index (χ0n) is 21.6. The van der Waals surface area contributed by atoms with Gasteiger partial charge in [0.15, 0.2) is 0 Å². The van der Waals surface area contributed by atoms with Crippen molar-refractivity contribution in [2.75, 3.05) is 27.4 Å². The number of carbonyl (C=O) groups excluding carboxylic acids is 1. The summed E-state index contributed by atoms with van der Waals surface area (Å²) in [6.45, 7) is 4.62. The highest BCUT2D eigenvalue weighted by atomic mass is 16.5. The van der Waals surface area contributed by atoms with E-state index in [9.17, 15) is 4.79 Å². The lowest BCUT2D eigenvalue weighted by Gasteiger charge is -2.16. The molecule has 3 rings (SSSR count). The molecule has 0 atom stereocenters. The van der Waals surface area contributed by atoms with Gasteiger partial charge in [-0.05, 0) is 43.9 Å². The first-order valence-corrected chi connectivity index (χ1v) is 12.5. The van der Waals surface area contributed by atoms with E-state index in [-0.39, 0.29) is 5.91 Å². The van der Waals surface area contributed by atoms with Gasteiger partial charge in [-0.15, -0.1) is 0 Å². The molecule has 3 aromatic carbocycles. The third kappa shape index (κ3) is 8.93. The molecule has 3 aromatic rings. The first-order chi connectivity index (χ1) is 17.6. The van der Waals surface area contributed by atoms with Crippen molar-refractivity contribution in [1.29, 1.82) is 0 Å². The highest BCUT2D eigenvalue weighted by Crippen LogP contribution is 2.34. The molecule has 0 saturated heterocycles. The van der Waals surface area contributed by atoms with Crippen LogP contribution >= 0.6 is 0 Å². The number of aryl methyl sites for hydroxylation is 1. The smallest absolute Gasteiger partial charge is 0.220 e. The van der Waals surface area contributed by atoms with Gasteiger partial charge in [0.05, 0.1) is 26.4 Å². The number of hydrogen-bond acceptors (Lipinski definition) is 5. The van der Waals surface area contributed by atoms with Gasteiger partial charge in [-0.25, -0.2) is 0 Å². The third-order valence-electron chi connectivity index (χ3n) is 5.99. The Balaban J connectivity index is 1.40. The maximum Gasteiger partial charge on any atom is 0.220 e. The molecule has 0 aromatic heterocycles. The maximum atomic E-state index is 12.1. The number of unbranched alkanes of at least 4 members (excludes halogenated alkanes) is 1. The van der Waals surface area contributed by atoms with Crippen LogP contribution in [0.4, 0.5) is 0 Å². The van der Waals surface area contributed by atoms with Crippen LogP contribution in [0.5, 0.6) is 17.2 Å². The summed E-state index contributed by atoms with van der Waals surface area (Å²) in [5.74, 6) is 2.21. The highest BCUT2D eigenvalue weighted by Gasteiger charge is 2.13. The lowest BCUT2D eigenvalue weighted by molar-refractivity contribution is -0.121. The van der Waals surface area contributed by atoms with E-state index < -0.39 is 0 Å². The Bertz CT molecular complexity index is 1040. The lowest BCUT2D eigenvalue weighted by atomic mass is 10.1. The summed E-state index contributed by atoms with van der Waals surface area (Å²) < 4.78 is 17.2. The van der Waals surface area contributed by atoms with Gasteiger partial charge in [0, 0.05) is 31.6 Å². The number of methoxy groups -OCH3 is 2. The summed E-state index contributed by atoms with van der Waals surface area (Å²) in [4.78, 5) is 12.1. The monoisotopic (exact) mass is 490 g/mol. The second-order valence-electron chi connectivity index (χ2n) is 8.79. The Labute approximate surface area is 215 Å². The van der Waals surface area contributed by atoms with Crippen LogP contribution in [0, 0.1) is 6.92 Å². The Kier molecular flexibility index (Phi) is 11.1. The van der Waals surface area contributed by atoms with Crippen molar-refractivity contribution in [3.63, 3.8) is 0 Å². The molecular formula is C30H38N2O4. The number of carbonyl (C=O) groups is 1. The molecule has 0 aliphatic rings. The van der Waals surface area contributed by atoms with Gasteiger partial charge >= 0.3 is 0 Å². The minimum atomic E-state index is 0.0584. The van der Waals surface area contributed by atoms with Crippen LogP contribution in [0.1, 0.15) is 41.5 Å². The fourth-order valence-corrected chi connectivity index (χ4v) is 3.88. The Morgan fingerprint density at radius 3 is 2.19 bits per heavy atom. The van der Waals surface area contributed by atoms with Crippen molar-refractivity contribution in [3.05, 3.63) is 89.0 Å². The summed E-state index contributed by atoms with van der Waals surface area (Å²) in [5.41, 5.74) is 4.59. The quantitative estimate of drug-likeness (QED) is 0.286. The van der Waals surface area contributed by atoms with Crippen LogP contribution in [0.15, 0.2) is 66.7 Å². The molecule has 1 amide bonds. The molecule has 0 aliphatic carbocycles. The molecule has 36 heavy (non-hydrogen) atoms. The van der Waals surface area contributed by atoms with Crippen molar-refractivity contribution >= 4 is 5.91 Å². The van der Waals surface area contributed by atoms with E-state index in [1.165, 1.54) is 11.1 Å². The topological polar surface area (TPSA) is 68.8 Å². The van der Waals surface area contributed by atoms with Crippen LogP contribution in [0.3, 0.4) is 0 Å². The standard InChI is InChI=1S/C30H38N2O4/c1-23-12-14-25(15-13-23)21-32-30(33)11-7-8-18-36-26-19-28(34-2)27(29(20-26)35-3)22-31-17-16-24-9-5-4-6-10-24/h4-6,9-10,12-15,19-20,31H,7-8,11,16-18,21-22H2,1-3H3,(H,32,33). The first-order valence-electron chi connectivity index (χ1n) is 12.5. The van der Waals surface area contributed by atoms with Crippen molar-refractivity contribution in [3.8, 4) is 17.2 Å². The third-order valence-corrected chi connectivity index (χ3v) is 5.99. The van der Waals surface area contributed by atoms with Crippen LogP contribution in [-0.2, 0) is 24.3 Å². The molecule has 6 nitrogen and oxygen atoms in total. The van der Waals surface area contributed by atoms with Crippen molar-refractivity contribution < 1.29 is 19.0 Å². The summed E-state index contributed by atoms with van der Waals surface area (Å²) in [7, 11) is 3.31. The summed E-state index contributed by atoms with van der Waals surface area (Å²) >= 11 is 0. The van der Waals surface area contributed by atoms with Crippen molar-refractivity contribution in [1.82, 2.24) is 10.6 Å². The van der Waals surface area contributed by atoms with Gasteiger partial charge in [-0.2, -0.15) is 0 Å². The normalized spacial score (nSPS) is 10.6. The summed E-state index contributed by atoms with van der Waals surface area (Å²) in [6, 6.07) is 22.4. The molecule has 2 N–H and O–H groups in total. The number of amides is 1. The summed E-state index contributed by atoms with van der Waals surface area (Å²) in [6.07, 6.45) is 2.98. The fraction of sp³-hybridized carbons (Fsp3) is 0.367. The van der Waals surface area contributed by atoms with E-state index in [1.807, 2.05) is 30.3 Å². The SMILES string of the molecule is COc1cc(OCCCCC(=O)NCc2ccc(C)cc2)cc(OC)c1CNCCc1ccccc1. The number of nitrogens with one attached hydrogen (secondary N) is 2. The van der Waals surface area contributed by atoms with Crippen molar-refractivity contribution in [2.45, 2.75) is 45.7 Å². The second-order valence-corrected chi connectivity index (χ2v) is 8.79. The average Bonchev–Trinajstić information content (AvgIpc) is 2.91. The molecule has 0 fully saturated rings. The van der Waals surface area contributed by atoms with Gasteiger partial charge in [-0.3, -0.25) is 4.79 Å². The Morgan fingerprint density at radius 1 is 0.833 bits per heavy atom. The molecule has 0 saturated carbocycles. The van der Waals surface area contributed by atoms with E-state index in [1.54, 1.807) is 14.2 Å². The first kappa shape index (κ1) is 27.1. The lowest BCUT2D eigenvalue weighted by Crippen LogP contribution is -2.22. The fourth-order valence-electron chi connectivity index (χ4n) is 3.88. The van der Waals surface area contributed by atoms with Crippen LogP contribution in [0.2, 0.25) is 0 Å². The molecule has 0 spiro atoms. The maximum absolute atomic E-state index is 12.1. The molecule has 192 valence electrons. The predicted octanol–water partition coefficient (Wildman–Crippen LogP) is 5.21. The minimum Gasteiger partial charge on any atom is -0.496 e. The minimum absolute atomic E-state index is 0.0584. The van der Waals surface area contributed by atoms with E-state index in [4.69, 9.17) is 14.2 Å². The van der Waals surface area contributed by atoms with E-state index in [2.05, 4.69) is 54.0 Å². The number of benzene rings is 3. The Hall–Kier alpha value is -3.51. The zero-order chi connectivity index (χ0) is 25.6. The van der Waals surface area contributed by atoms with E-state index in [0.29, 0.717) is 31.9 Å².